The van der Waals surface area contributed by atoms with Crippen LogP contribution in [0.25, 0.3) is 0 Å². The molecule has 1 saturated heterocycles. The van der Waals surface area contributed by atoms with Crippen LogP contribution in [0.1, 0.15) is 21.9 Å². The van der Waals surface area contributed by atoms with Gasteiger partial charge in [0.05, 0.1) is 21.6 Å². The molecule has 0 aliphatic carbocycles. The van der Waals surface area contributed by atoms with E-state index in [0.717, 1.165) is 33.6 Å². The molecular weight excluding hydrogens is 660 g/mol. The van der Waals surface area contributed by atoms with Gasteiger partial charge in [0, 0.05) is 38.7 Å². The maximum atomic E-state index is 14.0. The summed E-state index contributed by atoms with van der Waals surface area (Å²) in [6.45, 7) is 1.62. The van der Waals surface area contributed by atoms with Crippen molar-refractivity contribution in [1.29, 1.82) is 0 Å². The van der Waals surface area contributed by atoms with Crippen LogP contribution in [0.2, 0.25) is 0 Å². The summed E-state index contributed by atoms with van der Waals surface area (Å²) in [5, 5.41) is 13.5. The van der Waals surface area contributed by atoms with Crippen molar-refractivity contribution in [2.45, 2.75) is 23.1 Å². The highest BCUT2D eigenvalue weighted by Crippen LogP contribution is 2.54. The van der Waals surface area contributed by atoms with Crippen molar-refractivity contribution in [3.63, 3.8) is 0 Å². The average Bonchev–Trinajstić information content (AvgIpc) is 3.47. The van der Waals surface area contributed by atoms with E-state index in [1.165, 1.54) is 24.3 Å². The summed E-state index contributed by atoms with van der Waals surface area (Å²) in [5.41, 5.74) is 2.23. The van der Waals surface area contributed by atoms with E-state index in [4.69, 9.17) is 4.74 Å². The van der Waals surface area contributed by atoms with Gasteiger partial charge in [-0.2, -0.15) is 0 Å². The topological polar surface area (TPSA) is 152 Å². The molecule has 218 valence electrons. The largest absolute Gasteiger partial charge is 0.483 e. The van der Waals surface area contributed by atoms with Crippen LogP contribution in [-0.2, 0) is 14.4 Å². The van der Waals surface area contributed by atoms with Gasteiger partial charge in [-0.25, -0.2) is 4.90 Å². The number of H-pyrrole nitrogens is 1. The predicted molar refractivity (Wildman–Crippen MR) is 165 cm³/mol. The molecule has 0 saturated carbocycles. The fraction of sp³-hybridized carbons (Fsp3) is 0.172. The van der Waals surface area contributed by atoms with Crippen molar-refractivity contribution in [3.8, 4) is 5.75 Å². The Labute approximate surface area is 260 Å². The second-order valence-electron chi connectivity index (χ2n) is 9.92. The maximum absolute atomic E-state index is 14.0. The molecule has 2 aliphatic rings. The summed E-state index contributed by atoms with van der Waals surface area (Å²) in [6.07, 6.45) is 0. The number of nitro groups is 1. The molecule has 11 nitrogen and oxygen atoms in total. The van der Waals surface area contributed by atoms with Crippen molar-refractivity contribution in [3.05, 3.63) is 107 Å². The lowest BCUT2D eigenvalue weighted by atomic mass is 9.82. The number of benzene rings is 3. The quantitative estimate of drug-likeness (QED) is 0.153. The average molecular weight is 682 g/mol. The lowest BCUT2D eigenvalue weighted by Crippen LogP contribution is -2.32. The van der Waals surface area contributed by atoms with E-state index in [-0.39, 0.29) is 22.9 Å². The molecule has 3 amide bonds. The Balaban J connectivity index is 1.35. The number of aromatic nitrogens is 1. The zero-order valence-electron chi connectivity index (χ0n) is 22.2. The number of nitro benzene ring substituents is 1. The smallest absolute Gasteiger partial charge is 0.305 e. The van der Waals surface area contributed by atoms with Gasteiger partial charge in [0.15, 0.2) is 6.61 Å². The number of aryl methyl sites for hydroxylation is 1. The Morgan fingerprint density at radius 2 is 1.79 bits per heavy atom. The fourth-order valence-electron chi connectivity index (χ4n) is 5.20. The number of non-ortho nitro benzene ring substituents is 1. The van der Waals surface area contributed by atoms with Gasteiger partial charge in [-0.05, 0) is 49.4 Å². The first kappa shape index (κ1) is 28.8. The number of fused-ring (bicyclic) bond motifs is 2. The van der Waals surface area contributed by atoms with Gasteiger partial charge < -0.3 is 15.0 Å². The van der Waals surface area contributed by atoms with Crippen LogP contribution < -0.4 is 19.8 Å². The Morgan fingerprint density at radius 3 is 2.49 bits per heavy atom. The minimum atomic E-state index is -0.912. The van der Waals surface area contributed by atoms with Crippen LogP contribution >= 0.6 is 39.0 Å². The first-order chi connectivity index (χ1) is 20.6. The maximum Gasteiger partial charge on any atom is 0.305 e. The SMILES string of the molecule is Cc1ccc(NC(=O)COc2ccc(Br)cc2C2c3sc(=O)[nH]c3SC3C(=O)N(c4ccc([N+](=O)[O-])cc4)C(=O)C32)cc1. The summed E-state index contributed by atoms with van der Waals surface area (Å²) in [6, 6.07) is 17.7. The standard InChI is InChI=1S/C29H21BrN4O7S2/c1-14-2-5-16(6-3-14)31-21(35)13-41-20-11-4-15(30)12-19(20)22-23-25(42-26-24(22)43-29(38)32-26)28(37)33(27(23)36)17-7-9-18(10-8-17)34(39)40/h2-12,22-23,25H,13H2,1H3,(H,31,35)(H,32,38). The molecule has 3 atom stereocenters. The zero-order valence-corrected chi connectivity index (χ0v) is 25.5. The fourth-order valence-corrected chi connectivity index (χ4v) is 8.09. The van der Waals surface area contributed by atoms with Gasteiger partial charge in [-0.15, -0.1) is 0 Å². The molecule has 0 radical (unpaired) electrons. The number of rotatable bonds is 7. The molecule has 14 heteroatoms. The summed E-state index contributed by atoms with van der Waals surface area (Å²) >= 11 is 5.55. The Hall–Kier alpha value is -4.27. The third-order valence-electron chi connectivity index (χ3n) is 7.14. The minimum Gasteiger partial charge on any atom is -0.483 e. The van der Waals surface area contributed by atoms with Crippen LogP contribution in [-0.4, -0.2) is 39.5 Å². The van der Waals surface area contributed by atoms with Gasteiger partial charge in [0.1, 0.15) is 11.0 Å². The first-order valence-corrected chi connectivity index (χ1v) is 15.4. The monoisotopic (exact) mass is 680 g/mol. The molecule has 3 aromatic carbocycles. The van der Waals surface area contributed by atoms with Gasteiger partial charge in [-0.1, -0.05) is 56.7 Å². The predicted octanol–water partition coefficient (Wildman–Crippen LogP) is 5.23. The zero-order chi connectivity index (χ0) is 30.4. The third-order valence-corrected chi connectivity index (χ3v) is 10.0. The lowest BCUT2D eigenvalue weighted by molar-refractivity contribution is -0.384. The number of nitrogens with one attached hydrogen (secondary N) is 2. The molecule has 43 heavy (non-hydrogen) atoms. The summed E-state index contributed by atoms with van der Waals surface area (Å²) in [7, 11) is 0. The molecule has 3 unspecified atom stereocenters. The number of thiazole rings is 1. The summed E-state index contributed by atoms with van der Waals surface area (Å²) < 4.78 is 6.65. The van der Waals surface area contributed by atoms with Crippen molar-refractivity contribution >= 4 is 73.8 Å². The molecular formula is C29H21BrN4O7S2. The number of aromatic amines is 1. The number of imide groups is 1. The van der Waals surface area contributed by atoms with Crippen LogP contribution in [0.3, 0.4) is 0 Å². The number of halogens is 1. The van der Waals surface area contributed by atoms with Crippen molar-refractivity contribution < 1.29 is 24.0 Å². The number of carbonyl (C=O) groups excluding carboxylic acids is 3. The number of nitrogens with zero attached hydrogens (tertiary/aromatic N) is 2. The number of thioether (sulfide) groups is 1. The van der Waals surface area contributed by atoms with Crippen LogP contribution in [0, 0.1) is 23.0 Å². The molecule has 4 aromatic rings. The number of anilines is 2. The number of hydrogen-bond acceptors (Lipinski definition) is 9. The van der Waals surface area contributed by atoms with Gasteiger partial charge in [-0.3, -0.25) is 29.3 Å². The molecule has 2 N–H and O–H groups in total. The summed E-state index contributed by atoms with van der Waals surface area (Å²) in [4.78, 5) is 67.6. The Bertz CT molecular complexity index is 1840. The molecule has 0 bridgehead atoms. The van der Waals surface area contributed by atoms with E-state index in [2.05, 4.69) is 26.2 Å². The van der Waals surface area contributed by atoms with Crippen LogP contribution in [0.5, 0.6) is 5.75 Å². The van der Waals surface area contributed by atoms with Crippen LogP contribution in [0.15, 0.2) is 81.0 Å². The molecule has 3 heterocycles. The lowest BCUT2D eigenvalue weighted by Gasteiger charge is -2.31. The van der Waals surface area contributed by atoms with E-state index in [1.54, 1.807) is 30.3 Å². The van der Waals surface area contributed by atoms with Crippen molar-refractivity contribution in [2.75, 3.05) is 16.8 Å². The molecule has 6 rings (SSSR count). The van der Waals surface area contributed by atoms with Gasteiger partial charge in [0.25, 0.3) is 11.6 Å². The first-order valence-electron chi connectivity index (χ1n) is 12.9. The second kappa shape index (κ2) is 11.4. The molecule has 2 aliphatic heterocycles. The van der Waals surface area contributed by atoms with E-state index in [1.807, 2.05) is 19.1 Å². The third kappa shape index (κ3) is 5.48. The number of ether oxygens (including phenoxy) is 1. The molecule has 0 spiro atoms. The normalized spacial score (nSPS) is 19.1. The Kier molecular flexibility index (Phi) is 7.66. The highest BCUT2D eigenvalue weighted by atomic mass is 79.9. The molecule has 1 fully saturated rings. The van der Waals surface area contributed by atoms with E-state index in [9.17, 15) is 29.3 Å². The number of hydrogen-bond donors (Lipinski definition) is 2. The highest BCUT2D eigenvalue weighted by molar-refractivity contribution is 9.10. The highest BCUT2D eigenvalue weighted by Gasteiger charge is 2.57. The van der Waals surface area contributed by atoms with E-state index < -0.39 is 39.7 Å². The van der Waals surface area contributed by atoms with Crippen LogP contribution in [0.4, 0.5) is 17.1 Å². The minimum absolute atomic E-state index is 0.172. The van der Waals surface area contributed by atoms with Crippen molar-refractivity contribution in [2.24, 2.45) is 5.92 Å². The summed E-state index contributed by atoms with van der Waals surface area (Å²) in [5.74, 6) is -2.73. The van der Waals surface area contributed by atoms with Crippen molar-refractivity contribution in [1.82, 2.24) is 4.98 Å². The number of amides is 3. The number of carbonyl (C=O) groups is 3. The Morgan fingerprint density at radius 1 is 1.07 bits per heavy atom. The van der Waals surface area contributed by atoms with Gasteiger partial charge >= 0.3 is 4.87 Å². The van der Waals surface area contributed by atoms with Gasteiger partial charge in [0.2, 0.25) is 11.8 Å². The molecule has 1 aromatic heterocycles. The van der Waals surface area contributed by atoms with E-state index in [0.29, 0.717) is 31.4 Å². The van der Waals surface area contributed by atoms with E-state index >= 15 is 0 Å². The second-order valence-corrected chi connectivity index (χ2v) is 13.0.